The highest BCUT2D eigenvalue weighted by Gasteiger charge is 2.24. The molecule has 0 atom stereocenters. The first-order valence-corrected chi connectivity index (χ1v) is 11.2. The lowest BCUT2D eigenvalue weighted by molar-refractivity contribution is -0.129. The smallest absolute Gasteiger partial charge is 0.251 e. The topological polar surface area (TPSA) is 49.4 Å². The number of nitrogens with one attached hydrogen (secondary N) is 1. The number of likely N-dealkylation sites (tertiary alicyclic amines) is 1. The van der Waals surface area contributed by atoms with Gasteiger partial charge in [-0.05, 0) is 62.1 Å². The van der Waals surface area contributed by atoms with Crippen LogP contribution < -0.4 is 5.32 Å². The molecule has 1 fully saturated rings. The van der Waals surface area contributed by atoms with Crippen molar-refractivity contribution in [1.29, 1.82) is 0 Å². The van der Waals surface area contributed by atoms with Crippen LogP contribution in [0.5, 0.6) is 0 Å². The minimum atomic E-state index is -0.0239. The zero-order valence-corrected chi connectivity index (χ0v) is 18.6. The lowest BCUT2D eigenvalue weighted by atomic mass is 10.0. The number of piperidine rings is 1. The molecule has 1 aliphatic rings. The molecule has 4 nitrogen and oxygen atoms in total. The predicted molar refractivity (Wildman–Crippen MR) is 118 cm³/mol. The monoisotopic (exact) mass is 460 g/mol. The summed E-state index contributed by atoms with van der Waals surface area (Å²) in [6.07, 6.45) is 1.59. The van der Waals surface area contributed by atoms with Crippen LogP contribution in [-0.4, -0.2) is 41.6 Å². The van der Waals surface area contributed by atoms with E-state index < -0.39 is 0 Å². The summed E-state index contributed by atoms with van der Waals surface area (Å²) >= 11 is 5.05. The van der Waals surface area contributed by atoms with Crippen LogP contribution in [0.15, 0.2) is 51.8 Å². The lowest BCUT2D eigenvalue weighted by Crippen LogP contribution is -2.47. The Morgan fingerprint density at radius 2 is 1.82 bits per heavy atom. The fourth-order valence-electron chi connectivity index (χ4n) is 3.37. The molecule has 0 aliphatic carbocycles. The van der Waals surface area contributed by atoms with Crippen molar-refractivity contribution in [2.24, 2.45) is 0 Å². The number of carbonyl (C=O) groups is 2. The Morgan fingerprint density at radius 1 is 1.11 bits per heavy atom. The summed E-state index contributed by atoms with van der Waals surface area (Å²) in [7, 11) is 0. The molecule has 1 aliphatic heterocycles. The fraction of sp³-hybridized carbons (Fsp3) is 0.364. The number of halogens is 1. The highest BCUT2D eigenvalue weighted by atomic mass is 79.9. The molecular weight excluding hydrogens is 436 g/mol. The number of amides is 2. The summed E-state index contributed by atoms with van der Waals surface area (Å²) < 4.78 is 1.05. The molecule has 0 bridgehead atoms. The molecule has 3 rings (SSSR count). The van der Waals surface area contributed by atoms with Crippen LogP contribution in [0.3, 0.4) is 0 Å². The van der Waals surface area contributed by atoms with Crippen LogP contribution in [0.1, 0.15) is 34.3 Å². The van der Waals surface area contributed by atoms with Gasteiger partial charge in [0.2, 0.25) is 5.91 Å². The van der Waals surface area contributed by atoms with E-state index in [0.29, 0.717) is 18.8 Å². The summed E-state index contributed by atoms with van der Waals surface area (Å²) in [5.41, 5.74) is 2.87. The van der Waals surface area contributed by atoms with Gasteiger partial charge < -0.3 is 10.2 Å². The molecule has 148 valence electrons. The maximum atomic E-state index is 12.6. The Kier molecular flexibility index (Phi) is 7.18. The third kappa shape index (κ3) is 5.39. The van der Waals surface area contributed by atoms with Crippen molar-refractivity contribution >= 4 is 39.5 Å². The molecule has 0 radical (unpaired) electrons. The molecule has 1 saturated heterocycles. The average Bonchev–Trinajstić information content (AvgIpc) is 2.68. The molecule has 0 unspecified atom stereocenters. The van der Waals surface area contributed by atoms with Crippen molar-refractivity contribution in [2.75, 3.05) is 18.8 Å². The van der Waals surface area contributed by atoms with E-state index in [1.165, 1.54) is 5.56 Å². The number of thioether (sulfide) groups is 1. The Labute approximate surface area is 179 Å². The van der Waals surface area contributed by atoms with Crippen molar-refractivity contribution in [2.45, 2.75) is 37.6 Å². The van der Waals surface area contributed by atoms with Gasteiger partial charge in [0.1, 0.15) is 0 Å². The minimum Gasteiger partial charge on any atom is -0.349 e. The molecule has 28 heavy (non-hydrogen) atoms. The van der Waals surface area contributed by atoms with Crippen LogP contribution in [0, 0.1) is 13.8 Å². The van der Waals surface area contributed by atoms with E-state index in [9.17, 15) is 9.59 Å². The predicted octanol–water partition coefficient (Wildman–Crippen LogP) is 4.58. The number of hydrogen-bond acceptors (Lipinski definition) is 3. The first kappa shape index (κ1) is 20.9. The van der Waals surface area contributed by atoms with Gasteiger partial charge in [-0.3, -0.25) is 9.59 Å². The van der Waals surface area contributed by atoms with Crippen LogP contribution in [0.2, 0.25) is 0 Å². The van der Waals surface area contributed by atoms with E-state index in [0.717, 1.165) is 33.3 Å². The van der Waals surface area contributed by atoms with E-state index in [-0.39, 0.29) is 17.9 Å². The minimum absolute atomic E-state index is 0.0239. The van der Waals surface area contributed by atoms with Gasteiger partial charge in [-0.15, -0.1) is 11.8 Å². The van der Waals surface area contributed by atoms with Gasteiger partial charge in [0, 0.05) is 34.1 Å². The third-order valence-corrected chi connectivity index (χ3v) is 6.71. The average molecular weight is 461 g/mol. The van der Waals surface area contributed by atoms with Gasteiger partial charge in [-0.2, -0.15) is 0 Å². The highest BCUT2D eigenvalue weighted by molar-refractivity contribution is 9.10. The second-order valence-electron chi connectivity index (χ2n) is 7.14. The second kappa shape index (κ2) is 9.61. The quantitative estimate of drug-likeness (QED) is 0.664. The summed E-state index contributed by atoms with van der Waals surface area (Å²) in [5, 5.41) is 3.12. The number of rotatable bonds is 5. The standard InChI is InChI=1S/C22H25BrN2O2S/c1-15-5-3-4-6-19(15)22(27)24-18-9-11-25(12-10-18)21(26)14-28-20-8-7-17(23)13-16(20)2/h3-8,13,18H,9-12,14H2,1-2H3,(H,24,27). The van der Waals surface area contributed by atoms with Gasteiger partial charge in [-0.1, -0.05) is 34.1 Å². The largest absolute Gasteiger partial charge is 0.349 e. The van der Waals surface area contributed by atoms with Crippen molar-refractivity contribution in [3.63, 3.8) is 0 Å². The highest BCUT2D eigenvalue weighted by Crippen LogP contribution is 2.26. The van der Waals surface area contributed by atoms with E-state index in [1.807, 2.05) is 48.2 Å². The van der Waals surface area contributed by atoms with Crippen molar-refractivity contribution in [3.8, 4) is 0 Å². The number of hydrogen-bond donors (Lipinski definition) is 1. The third-order valence-electron chi connectivity index (χ3n) is 5.06. The Balaban J connectivity index is 1.46. The van der Waals surface area contributed by atoms with Crippen molar-refractivity contribution < 1.29 is 9.59 Å². The van der Waals surface area contributed by atoms with Gasteiger partial charge >= 0.3 is 0 Å². The normalized spacial score (nSPS) is 14.8. The van der Waals surface area contributed by atoms with Gasteiger partial charge in [-0.25, -0.2) is 0 Å². The molecule has 1 N–H and O–H groups in total. The van der Waals surface area contributed by atoms with Crippen LogP contribution in [-0.2, 0) is 4.79 Å². The zero-order valence-electron chi connectivity index (χ0n) is 16.2. The molecule has 2 amide bonds. The molecular formula is C22H25BrN2O2S. The second-order valence-corrected chi connectivity index (χ2v) is 9.07. The van der Waals surface area contributed by atoms with E-state index >= 15 is 0 Å². The van der Waals surface area contributed by atoms with E-state index in [1.54, 1.807) is 11.8 Å². The Bertz CT molecular complexity index is 863. The number of nitrogens with zero attached hydrogens (tertiary/aromatic N) is 1. The Hall–Kier alpha value is -1.79. The molecule has 6 heteroatoms. The molecule has 1 heterocycles. The van der Waals surface area contributed by atoms with Crippen LogP contribution >= 0.6 is 27.7 Å². The molecule has 2 aromatic rings. The Morgan fingerprint density at radius 3 is 2.50 bits per heavy atom. The molecule has 2 aromatic carbocycles. The zero-order chi connectivity index (χ0) is 20.1. The van der Waals surface area contributed by atoms with Gasteiger partial charge in [0.25, 0.3) is 5.91 Å². The summed E-state index contributed by atoms with van der Waals surface area (Å²) in [4.78, 5) is 28.1. The summed E-state index contributed by atoms with van der Waals surface area (Å²) in [5.74, 6) is 0.586. The SMILES string of the molecule is Cc1cc(Br)ccc1SCC(=O)N1CCC(NC(=O)c2ccccc2C)CC1. The first-order valence-electron chi connectivity index (χ1n) is 9.47. The maximum absolute atomic E-state index is 12.6. The maximum Gasteiger partial charge on any atom is 0.251 e. The van der Waals surface area contributed by atoms with Gasteiger partial charge in [0.15, 0.2) is 0 Å². The number of carbonyl (C=O) groups excluding carboxylic acids is 2. The van der Waals surface area contributed by atoms with Gasteiger partial charge in [0.05, 0.1) is 5.75 Å². The lowest BCUT2D eigenvalue weighted by Gasteiger charge is -2.32. The van der Waals surface area contributed by atoms with Crippen LogP contribution in [0.4, 0.5) is 0 Å². The number of aryl methyl sites for hydroxylation is 2. The van der Waals surface area contributed by atoms with Crippen LogP contribution in [0.25, 0.3) is 0 Å². The summed E-state index contributed by atoms with van der Waals surface area (Å²) in [6.45, 7) is 5.38. The fourth-order valence-corrected chi connectivity index (χ4v) is 4.76. The summed E-state index contributed by atoms with van der Waals surface area (Å²) in [6, 6.07) is 13.9. The van der Waals surface area contributed by atoms with Crippen molar-refractivity contribution in [3.05, 3.63) is 63.6 Å². The van der Waals surface area contributed by atoms with Crippen molar-refractivity contribution in [1.82, 2.24) is 10.2 Å². The van der Waals surface area contributed by atoms with E-state index in [2.05, 4.69) is 34.2 Å². The first-order chi connectivity index (χ1) is 13.4. The molecule has 0 aromatic heterocycles. The molecule has 0 spiro atoms. The molecule has 0 saturated carbocycles. The number of benzene rings is 2. The van der Waals surface area contributed by atoms with E-state index in [4.69, 9.17) is 0 Å².